The van der Waals surface area contributed by atoms with Crippen molar-refractivity contribution in [1.82, 2.24) is 20.4 Å². The molecule has 0 aromatic carbocycles. The number of unbranched alkanes of at least 4 members (excludes halogenated alkanes) is 1. The number of nitrogens with two attached hydrogens (primary N) is 1. The molecule has 4 N–H and O–H groups in total. The molecule has 0 bridgehead atoms. The van der Waals surface area contributed by atoms with Gasteiger partial charge in [0.1, 0.15) is 6.04 Å². The maximum atomic E-state index is 12.7. The van der Waals surface area contributed by atoms with Gasteiger partial charge in [-0.05, 0) is 25.3 Å². The molecule has 0 spiro atoms. The van der Waals surface area contributed by atoms with E-state index in [1.54, 1.807) is 6.20 Å². The van der Waals surface area contributed by atoms with Gasteiger partial charge in [-0.2, -0.15) is 5.10 Å². The Morgan fingerprint density at radius 2 is 2.41 bits per heavy atom. The van der Waals surface area contributed by atoms with Crippen molar-refractivity contribution < 1.29 is 9.59 Å². The van der Waals surface area contributed by atoms with Gasteiger partial charge in [0.2, 0.25) is 5.91 Å². The van der Waals surface area contributed by atoms with Gasteiger partial charge in [0.25, 0.3) is 0 Å². The zero-order valence-corrected chi connectivity index (χ0v) is 13.0. The number of nitrogens with one attached hydrogen (secondary N) is 2. The van der Waals surface area contributed by atoms with Crippen LogP contribution >= 0.6 is 0 Å². The van der Waals surface area contributed by atoms with Crippen LogP contribution in [0.25, 0.3) is 0 Å². The number of aromatic nitrogens is 2. The third-order valence-corrected chi connectivity index (χ3v) is 4.16. The Morgan fingerprint density at radius 3 is 3.05 bits per heavy atom. The van der Waals surface area contributed by atoms with Gasteiger partial charge in [0.15, 0.2) is 0 Å². The zero-order valence-electron chi connectivity index (χ0n) is 13.0. The summed E-state index contributed by atoms with van der Waals surface area (Å²) in [6, 6.07) is 0.795. The highest BCUT2D eigenvalue weighted by Gasteiger charge is 2.30. The molecule has 2 rings (SSSR count). The van der Waals surface area contributed by atoms with Crippen LogP contribution in [0.5, 0.6) is 0 Å². The molecule has 1 fully saturated rings. The number of likely N-dealkylation sites (tertiary alicyclic amines) is 1. The topological polar surface area (TPSA) is 104 Å². The van der Waals surface area contributed by atoms with Crippen molar-refractivity contribution in [3.05, 3.63) is 18.0 Å². The molecule has 1 saturated heterocycles. The summed E-state index contributed by atoms with van der Waals surface area (Å²) in [4.78, 5) is 25.7. The molecule has 122 valence electrons. The van der Waals surface area contributed by atoms with E-state index in [-0.39, 0.29) is 11.8 Å². The van der Waals surface area contributed by atoms with Crippen LogP contribution in [0, 0.1) is 0 Å². The van der Waals surface area contributed by atoms with E-state index in [4.69, 9.17) is 5.73 Å². The maximum absolute atomic E-state index is 12.7. The largest absolute Gasteiger partial charge is 0.352 e. The normalized spacial score (nSPS) is 19.7. The zero-order chi connectivity index (χ0) is 15.9. The fourth-order valence-corrected chi connectivity index (χ4v) is 2.98. The maximum Gasteiger partial charge on any atom is 0.312 e. The van der Waals surface area contributed by atoms with Crippen molar-refractivity contribution in [2.45, 2.75) is 51.0 Å². The molecular formula is C15H25N5O2. The lowest BCUT2D eigenvalue weighted by Crippen LogP contribution is -2.52. The van der Waals surface area contributed by atoms with Gasteiger partial charge in [-0.3, -0.25) is 9.89 Å². The molecule has 0 unspecified atom stereocenters. The van der Waals surface area contributed by atoms with Crippen molar-refractivity contribution >= 4 is 11.9 Å². The lowest BCUT2D eigenvalue weighted by molar-refractivity contribution is -0.134. The second kappa shape index (κ2) is 7.82. The lowest BCUT2D eigenvalue weighted by Gasteiger charge is -2.34. The summed E-state index contributed by atoms with van der Waals surface area (Å²) >= 11 is 0. The van der Waals surface area contributed by atoms with E-state index in [9.17, 15) is 9.59 Å². The Morgan fingerprint density at radius 1 is 1.59 bits per heavy atom. The fraction of sp³-hybridized carbons (Fsp3) is 0.667. The summed E-state index contributed by atoms with van der Waals surface area (Å²) in [5.74, 6) is 0.247. The number of urea groups is 1. The molecule has 1 aliphatic heterocycles. The molecule has 0 radical (unpaired) electrons. The Bertz CT molecular complexity index is 488. The number of hydrogen-bond donors (Lipinski definition) is 3. The second-order valence-corrected chi connectivity index (χ2v) is 5.84. The average Bonchev–Trinajstić information content (AvgIpc) is 3.05. The first kappa shape index (κ1) is 16.3. The van der Waals surface area contributed by atoms with E-state index in [0.717, 1.165) is 37.9 Å². The molecule has 0 saturated carbocycles. The van der Waals surface area contributed by atoms with Gasteiger partial charge < -0.3 is 16.0 Å². The van der Waals surface area contributed by atoms with Crippen LogP contribution in [0.3, 0.4) is 0 Å². The molecule has 3 amide bonds. The van der Waals surface area contributed by atoms with Crippen molar-refractivity contribution in [3.63, 3.8) is 0 Å². The van der Waals surface area contributed by atoms with Gasteiger partial charge in [0, 0.05) is 30.9 Å². The summed E-state index contributed by atoms with van der Waals surface area (Å²) in [5.41, 5.74) is 6.26. The number of piperidine rings is 1. The fourth-order valence-electron chi connectivity index (χ4n) is 2.98. The summed E-state index contributed by atoms with van der Waals surface area (Å²) in [6.45, 7) is 3.44. The van der Waals surface area contributed by atoms with Gasteiger partial charge in [-0.1, -0.05) is 19.8 Å². The predicted octanol–water partition coefficient (Wildman–Crippen LogP) is 1.34. The van der Waals surface area contributed by atoms with E-state index in [0.29, 0.717) is 13.0 Å². The van der Waals surface area contributed by atoms with Crippen molar-refractivity contribution in [2.24, 2.45) is 5.73 Å². The molecule has 2 atom stereocenters. The van der Waals surface area contributed by atoms with E-state index in [1.165, 1.54) is 0 Å². The Labute approximate surface area is 130 Å². The standard InChI is InChI=1S/C15H25N5O2/c1-2-3-6-13(18-15(16)22)14(21)20-9-4-5-11(10-20)12-7-8-17-19-12/h7-8,11,13H,2-6,9-10H2,1H3,(H,17,19)(H3,16,18,22)/t11-,13-/m0/s1. The quantitative estimate of drug-likeness (QED) is 0.738. The first-order valence-electron chi connectivity index (χ1n) is 7.95. The van der Waals surface area contributed by atoms with Crippen molar-refractivity contribution in [3.8, 4) is 0 Å². The van der Waals surface area contributed by atoms with Gasteiger partial charge >= 0.3 is 6.03 Å². The number of carbonyl (C=O) groups is 2. The minimum atomic E-state index is -0.642. The van der Waals surface area contributed by atoms with Crippen LogP contribution in [-0.4, -0.2) is 46.2 Å². The molecule has 1 aliphatic rings. The van der Waals surface area contributed by atoms with Gasteiger partial charge in [-0.15, -0.1) is 0 Å². The molecule has 7 nitrogen and oxygen atoms in total. The molecule has 2 heterocycles. The van der Waals surface area contributed by atoms with E-state index in [1.807, 2.05) is 11.0 Å². The monoisotopic (exact) mass is 307 g/mol. The first-order valence-corrected chi connectivity index (χ1v) is 7.95. The smallest absolute Gasteiger partial charge is 0.312 e. The Kier molecular flexibility index (Phi) is 5.80. The third kappa shape index (κ3) is 4.22. The number of rotatable bonds is 6. The minimum absolute atomic E-state index is 0.0311. The summed E-state index contributed by atoms with van der Waals surface area (Å²) in [7, 11) is 0. The van der Waals surface area contributed by atoms with Gasteiger partial charge in [0.05, 0.1) is 0 Å². The highest BCUT2D eigenvalue weighted by atomic mass is 16.2. The van der Waals surface area contributed by atoms with Gasteiger partial charge in [-0.25, -0.2) is 4.79 Å². The predicted molar refractivity (Wildman–Crippen MR) is 83.2 cm³/mol. The summed E-state index contributed by atoms with van der Waals surface area (Å²) in [6.07, 6.45) is 6.20. The second-order valence-electron chi connectivity index (χ2n) is 5.84. The lowest BCUT2D eigenvalue weighted by atomic mass is 9.94. The third-order valence-electron chi connectivity index (χ3n) is 4.16. The molecule has 0 aliphatic carbocycles. The van der Waals surface area contributed by atoms with E-state index in [2.05, 4.69) is 22.4 Å². The van der Waals surface area contributed by atoms with Crippen LogP contribution in [0.2, 0.25) is 0 Å². The van der Waals surface area contributed by atoms with Crippen LogP contribution in [0.1, 0.15) is 50.6 Å². The SMILES string of the molecule is CCCC[C@H](NC(N)=O)C(=O)N1CCC[C@H](c2ccn[nH]2)C1. The Hall–Kier alpha value is -2.05. The summed E-state index contributed by atoms with van der Waals surface area (Å²) in [5, 5.41) is 9.55. The van der Waals surface area contributed by atoms with Crippen molar-refractivity contribution in [2.75, 3.05) is 13.1 Å². The number of hydrogen-bond acceptors (Lipinski definition) is 3. The first-order chi connectivity index (χ1) is 10.6. The number of aromatic amines is 1. The number of nitrogens with zero attached hydrogens (tertiary/aromatic N) is 2. The van der Waals surface area contributed by atoms with Crippen LogP contribution < -0.4 is 11.1 Å². The number of primary amides is 1. The van der Waals surface area contributed by atoms with Crippen molar-refractivity contribution in [1.29, 1.82) is 0 Å². The van der Waals surface area contributed by atoms with Crippen LogP contribution in [-0.2, 0) is 4.79 Å². The minimum Gasteiger partial charge on any atom is -0.352 e. The highest BCUT2D eigenvalue weighted by Crippen LogP contribution is 2.25. The molecule has 22 heavy (non-hydrogen) atoms. The van der Waals surface area contributed by atoms with Crippen LogP contribution in [0.15, 0.2) is 12.3 Å². The average molecular weight is 307 g/mol. The molecule has 1 aromatic rings. The number of amides is 3. The molecule has 1 aromatic heterocycles. The number of carbonyl (C=O) groups excluding carboxylic acids is 2. The summed E-state index contributed by atoms with van der Waals surface area (Å²) < 4.78 is 0. The molecule has 7 heteroatoms. The molecular weight excluding hydrogens is 282 g/mol. The van der Waals surface area contributed by atoms with E-state index >= 15 is 0 Å². The van der Waals surface area contributed by atoms with Crippen LogP contribution in [0.4, 0.5) is 4.79 Å². The Balaban J connectivity index is 2.00. The van der Waals surface area contributed by atoms with E-state index < -0.39 is 12.1 Å². The number of H-pyrrole nitrogens is 1. The highest BCUT2D eigenvalue weighted by molar-refractivity contribution is 5.86.